The predicted molar refractivity (Wildman–Crippen MR) is 117 cm³/mol. The van der Waals surface area contributed by atoms with Crippen LogP contribution in [0.3, 0.4) is 0 Å². The summed E-state index contributed by atoms with van der Waals surface area (Å²) in [4.78, 5) is 20.8. The van der Waals surface area contributed by atoms with Crippen molar-refractivity contribution in [2.24, 2.45) is 5.92 Å². The second kappa shape index (κ2) is 10.4. The lowest BCUT2D eigenvalue weighted by Gasteiger charge is -2.29. The molecular weight excluding hydrogens is 408 g/mol. The van der Waals surface area contributed by atoms with E-state index in [2.05, 4.69) is 29.1 Å². The molecule has 1 N–H and O–H groups in total. The zero-order chi connectivity index (χ0) is 22.5. The second-order valence-corrected chi connectivity index (χ2v) is 8.63. The number of rotatable bonds is 9. The maximum absolute atomic E-state index is 12.3. The molecular formula is C21H33ClN4O4. The summed E-state index contributed by atoms with van der Waals surface area (Å²) in [5.41, 5.74) is 0.896. The van der Waals surface area contributed by atoms with Gasteiger partial charge in [-0.15, -0.1) is 0 Å². The Morgan fingerprint density at radius 2 is 1.87 bits per heavy atom. The highest BCUT2D eigenvalue weighted by Gasteiger charge is 2.28. The molecule has 0 radical (unpaired) electrons. The van der Waals surface area contributed by atoms with Crippen LogP contribution in [0, 0.1) is 5.92 Å². The van der Waals surface area contributed by atoms with Gasteiger partial charge in [0.2, 0.25) is 5.28 Å². The first-order chi connectivity index (χ1) is 14.1. The Bertz CT molecular complexity index is 841. The van der Waals surface area contributed by atoms with Gasteiger partial charge < -0.3 is 24.1 Å². The van der Waals surface area contributed by atoms with Crippen molar-refractivity contribution in [2.45, 2.75) is 66.4 Å². The molecule has 0 saturated carbocycles. The highest BCUT2D eigenvalue weighted by atomic mass is 35.5. The number of ether oxygens (including phenoxy) is 3. The lowest BCUT2D eigenvalue weighted by atomic mass is 10.0. The summed E-state index contributed by atoms with van der Waals surface area (Å²) in [6, 6.07) is 1.81. The molecule has 0 fully saturated rings. The van der Waals surface area contributed by atoms with Crippen LogP contribution in [-0.4, -0.2) is 46.0 Å². The number of nitrogens with zero attached hydrogens (tertiary/aromatic N) is 3. The zero-order valence-electron chi connectivity index (χ0n) is 18.9. The number of hydrogen-bond acceptors (Lipinski definition) is 6. The van der Waals surface area contributed by atoms with Gasteiger partial charge >= 0.3 is 6.09 Å². The second-order valence-electron chi connectivity index (χ2n) is 8.29. The van der Waals surface area contributed by atoms with Gasteiger partial charge in [-0.05, 0) is 58.2 Å². The molecule has 1 amide bonds. The Kier molecular flexibility index (Phi) is 8.46. The van der Waals surface area contributed by atoms with Gasteiger partial charge in [-0.2, -0.15) is 4.98 Å². The quantitative estimate of drug-likeness (QED) is 0.441. The fourth-order valence-electron chi connectivity index (χ4n) is 3.19. The normalized spacial score (nSPS) is 13.3. The summed E-state index contributed by atoms with van der Waals surface area (Å²) in [6.07, 6.45) is 0.638. The van der Waals surface area contributed by atoms with Crippen LogP contribution in [0.5, 0.6) is 0 Å². The van der Waals surface area contributed by atoms with E-state index in [0.717, 1.165) is 11.1 Å². The average Bonchev–Trinajstić information content (AvgIpc) is 2.98. The molecule has 30 heavy (non-hydrogen) atoms. The van der Waals surface area contributed by atoms with Gasteiger partial charge in [0.1, 0.15) is 11.2 Å². The molecule has 0 aliphatic heterocycles. The maximum atomic E-state index is 12.3. The summed E-state index contributed by atoms with van der Waals surface area (Å²) in [7, 11) is 0. The minimum Gasteiger partial charge on any atom is -0.444 e. The lowest BCUT2D eigenvalue weighted by molar-refractivity contribution is -0.144. The molecule has 0 spiro atoms. The van der Waals surface area contributed by atoms with E-state index in [9.17, 15) is 4.79 Å². The lowest BCUT2D eigenvalue weighted by Crippen LogP contribution is -2.37. The highest BCUT2D eigenvalue weighted by Crippen LogP contribution is 2.32. The van der Waals surface area contributed by atoms with Crippen LogP contribution >= 0.6 is 11.6 Å². The van der Waals surface area contributed by atoms with Gasteiger partial charge in [0.05, 0.1) is 11.7 Å². The molecule has 1 atom stereocenters. The molecule has 0 aromatic carbocycles. The van der Waals surface area contributed by atoms with Crippen molar-refractivity contribution >= 4 is 28.7 Å². The van der Waals surface area contributed by atoms with Gasteiger partial charge in [-0.25, -0.2) is 9.78 Å². The fraction of sp³-hybridized carbons (Fsp3) is 0.667. The minimum absolute atomic E-state index is 0.139. The maximum Gasteiger partial charge on any atom is 0.407 e. The third kappa shape index (κ3) is 6.30. The van der Waals surface area contributed by atoms with Crippen molar-refractivity contribution < 1.29 is 19.0 Å². The number of carbonyl (C=O) groups is 1. The SMILES string of the molecule is CCOC(OCC)c1cc2cnc(Cl)nc2n1C(CNC(=O)OC(C)(C)C)C(C)C. The number of aromatic nitrogens is 3. The molecule has 168 valence electrons. The number of hydrogen-bond donors (Lipinski definition) is 1. The number of alkyl carbamates (subject to hydrolysis) is 1. The Labute approximate surface area is 183 Å². The van der Waals surface area contributed by atoms with E-state index < -0.39 is 18.0 Å². The number of nitrogens with one attached hydrogen (secondary N) is 1. The Morgan fingerprint density at radius 3 is 2.40 bits per heavy atom. The first-order valence-electron chi connectivity index (χ1n) is 10.3. The third-order valence-corrected chi connectivity index (χ3v) is 4.59. The molecule has 1 unspecified atom stereocenters. The molecule has 0 bridgehead atoms. The van der Waals surface area contributed by atoms with Crippen molar-refractivity contribution in [2.75, 3.05) is 19.8 Å². The summed E-state index contributed by atoms with van der Waals surface area (Å²) in [6.45, 7) is 14.8. The largest absolute Gasteiger partial charge is 0.444 e. The van der Waals surface area contributed by atoms with E-state index in [-0.39, 0.29) is 17.2 Å². The summed E-state index contributed by atoms with van der Waals surface area (Å²) in [5, 5.41) is 3.85. The smallest absolute Gasteiger partial charge is 0.407 e. The molecule has 0 aliphatic carbocycles. The van der Waals surface area contributed by atoms with Gasteiger partial charge in [-0.1, -0.05) is 13.8 Å². The monoisotopic (exact) mass is 440 g/mol. The highest BCUT2D eigenvalue weighted by molar-refractivity contribution is 6.28. The molecule has 0 aliphatic rings. The number of halogens is 1. The van der Waals surface area contributed by atoms with Crippen molar-refractivity contribution in [3.05, 3.63) is 23.2 Å². The number of fused-ring (bicyclic) bond motifs is 1. The zero-order valence-corrected chi connectivity index (χ0v) is 19.6. The van der Waals surface area contributed by atoms with Gasteiger partial charge in [0, 0.05) is 31.3 Å². The van der Waals surface area contributed by atoms with E-state index in [1.165, 1.54) is 0 Å². The van der Waals surface area contributed by atoms with Crippen molar-refractivity contribution in [3.8, 4) is 0 Å². The predicted octanol–water partition coefficient (Wildman–Crippen LogP) is 4.88. The average molecular weight is 441 g/mol. The van der Waals surface area contributed by atoms with Crippen LogP contribution in [-0.2, 0) is 14.2 Å². The first-order valence-corrected chi connectivity index (χ1v) is 10.7. The number of carbonyl (C=O) groups excluding carboxylic acids is 1. The molecule has 0 saturated heterocycles. The Morgan fingerprint density at radius 1 is 1.23 bits per heavy atom. The molecule has 8 nitrogen and oxygen atoms in total. The van der Waals surface area contributed by atoms with Crippen molar-refractivity contribution in [3.63, 3.8) is 0 Å². The van der Waals surface area contributed by atoms with Crippen LogP contribution in [0.2, 0.25) is 5.28 Å². The van der Waals surface area contributed by atoms with E-state index in [1.807, 2.05) is 45.3 Å². The molecule has 9 heteroatoms. The van der Waals surface area contributed by atoms with Crippen LogP contribution in [0.25, 0.3) is 11.0 Å². The van der Waals surface area contributed by atoms with Gasteiger partial charge in [0.15, 0.2) is 6.29 Å². The number of amides is 1. The van der Waals surface area contributed by atoms with Crippen LogP contribution in [0.1, 0.15) is 66.5 Å². The van der Waals surface area contributed by atoms with E-state index in [0.29, 0.717) is 25.4 Å². The van der Waals surface area contributed by atoms with Crippen LogP contribution in [0.15, 0.2) is 12.3 Å². The fourth-order valence-corrected chi connectivity index (χ4v) is 3.32. The van der Waals surface area contributed by atoms with Crippen LogP contribution < -0.4 is 5.32 Å². The minimum atomic E-state index is -0.573. The van der Waals surface area contributed by atoms with Crippen molar-refractivity contribution in [1.29, 1.82) is 0 Å². The Balaban J connectivity index is 2.48. The molecule has 2 heterocycles. The van der Waals surface area contributed by atoms with E-state index in [4.69, 9.17) is 25.8 Å². The summed E-state index contributed by atoms with van der Waals surface area (Å²) >= 11 is 6.10. The third-order valence-electron chi connectivity index (χ3n) is 4.41. The van der Waals surface area contributed by atoms with Gasteiger partial charge in [0.25, 0.3) is 0 Å². The molecule has 2 aromatic heterocycles. The standard InChI is InChI=1S/C21H33ClN4O4/c1-8-28-18(29-9-2)15-10-14-11-23-19(22)25-17(14)26(15)16(13(3)4)12-24-20(27)30-21(5,6)7/h10-11,13,16,18H,8-9,12H2,1-7H3,(H,24,27). The Hall–Kier alpha value is -1.90. The molecule has 2 aromatic rings. The first kappa shape index (κ1) is 24.4. The van der Waals surface area contributed by atoms with Gasteiger partial charge in [-0.3, -0.25) is 0 Å². The van der Waals surface area contributed by atoms with E-state index >= 15 is 0 Å². The van der Waals surface area contributed by atoms with Crippen LogP contribution in [0.4, 0.5) is 4.79 Å². The summed E-state index contributed by atoms with van der Waals surface area (Å²) < 4.78 is 19.1. The van der Waals surface area contributed by atoms with Crippen molar-refractivity contribution in [1.82, 2.24) is 19.9 Å². The summed E-state index contributed by atoms with van der Waals surface area (Å²) in [5.74, 6) is 0.159. The topological polar surface area (TPSA) is 87.5 Å². The van der Waals surface area contributed by atoms with E-state index in [1.54, 1.807) is 6.20 Å². The molecule has 2 rings (SSSR count).